The van der Waals surface area contributed by atoms with Gasteiger partial charge in [-0.3, -0.25) is 9.59 Å². The van der Waals surface area contributed by atoms with Gasteiger partial charge in [0.15, 0.2) is 10.9 Å². The van der Waals surface area contributed by atoms with Crippen molar-refractivity contribution in [3.8, 4) is 0 Å². The molecule has 0 bridgehead atoms. The monoisotopic (exact) mass is 496 g/mol. The number of ketones is 1. The Bertz CT molecular complexity index is 1170. The summed E-state index contributed by atoms with van der Waals surface area (Å²) in [5.74, 6) is 0.955. The highest BCUT2D eigenvalue weighted by molar-refractivity contribution is 7.99. The van der Waals surface area contributed by atoms with Gasteiger partial charge >= 0.3 is 0 Å². The van der Waals surface area contributed by atoms with Crippen LogP contribution < -0.4 is 0 Å². The van der Waals surface area contributed by atoms with Gasteiger partial charge in [-0.15, -0.1) is 10.2 Å². The molecule has 0 N–H and O–H groups in total. The van der Waals surface area contributed by atoms with E-state index in [0.717, 1.165) is 24.2 Å². The van der Waals surface area contributed by atoms with Crippen LogP contribution in [0.1, 0.15) is 49.6 Å². The number of hydrogen-bond acceptors (Lipinski definition) is 5. The number of aromatic nitrogens is 3. The molecule has 6 nitrogen and oxygen atoms in total. The average Bonchev–Trinajstić information content (AvgIpc) is 3.24. The first-order chi connectivity index (χ1) is 16.5. The van der Waals surface area contributed by atoms with Crippen LogP contribution in [0.4, 0.5) is 0 Å². The van der Waals surface area contributed by atoms with Gasteiger partial charge in [0.2, 0.25) is 5.91 Å². The molecule has 1 aliphatic carbocycles. The van der Waals surface area contributed by atoms with Crippen LogP contribution in [0.2, 0.25) is 5.02 Å². The van der Waals surface area contributed by atoms with Crippen molar-refractivity contribution in [2.24, 2.45) is 0 Å². The molecule has 0 spiro atoms. The summed E-state index contributed by atoms with van der Waals surface area (Å²) in [4.78, 5) is 28.3. The minimum Gasteiger partial charge on any atom is -0.328 e. The van der Waals surface area contributed by atoms with E-state index in [2.05, 4.69) is 22.3 Å². The summed E-state index contributed by atoms with van der Waals surface area (Å²) in [6, 6.07) is 17.5. The normalized spacial score (nSPS) is 18.1. The largest absolute Gasteiger partial charge is 0.328 e. The van der Waals surface area contributed by atoms with Crippen LogP contribution in [-0.2, 0) is 28.1 Å². The first kappa shape index (κ1) is 24.5. The lowest BCUT2D eigenvalue weighted by atomic mass is 9.74. The van der Waals surface area contributed by atoms with Crippen LogP contribution in [0, 0.1) is 0 Å². The number of nitrogens with zero attached hydrogens (tertiary/aromatic N) is 4. The van der Waals surface area contributed by atoms with Gasteiger partial charge in [0.05, 0.1) is 5.75 Å². The van der Waals surface area contributed by atoms with Crippen molar-refractivity contribution in [2.45, 2.75) is 56.3 Å². The van der Waals surface area contributed by atoms with E-state index < -0.39 is 5.54 Å². The highest BCUT2D eigenvalue weighted by atomic mass is 35.5. The fraction of sp³-hybridized carbons (Fsp3) is 0.385. The zero-order chi connectivity index (χ0) is 24.1. The van der Waals surface area contributed by atoms with E-state index in [9.17, 15) is 9.59 Å². The Morgan fingerprint density at radius 3 is 2.56 bits per heavy atom. The van der Waals surface area contributed by atoms with E-state index in [0.29, 0.717) is 41.5 Å². The quantitative estimate of drug-likeness (QED) is 0.404. The maximum absolute atomic E-state index is 13.4. The summed E-state index contributed by atoms with van der Waals surface area (Å²) in [5, 5.41) is 9.94. The number of benzene rings is 2. The highest BCUT2D eigenvalue weighted by Crippen LogP contribution is 2.42. The Morgan fingerprint density at radius 2 is 1.85 bits per heavy atom. The molecule has 0 radical (unpaired) electrons. The number of rotatable bonds is 8. The molecule has 1 heterocycles. The molecule has 1 aromatic heterocycles. The lowest BCUT2D eigenvalue weighted by molar-refractivity contribution is -0.146. The number of thioether (sulfide) groups is 1. The van der Waals surface area contributed by atoms with E-state index in [1.807, 2.05) is 47.9 Å². The van der Waals surface area contributed by atoms with Gasteiger partial charge in [0.1, 0.15) is 11.4 Å². The predicted octanol–water partition coefficient (Wildman–Crippen LogP) is 5.13. The van der Waals surface area contributed by atoms with Crippen molar-refractivity contribution >= 4 is 35.1 Å². The minimum atomic E-state index is -1.02. The number of carbonyl (C=O) groups excluding carboxylic acids is 2. The standard InChI is InChI=1S/C26H29ClN4O2S/c1-3-31-23(17-19-11-5-4-6-12-19)28-29-25(31)34-18-24(33)30(2)26(16-10-9-15-22(26)32)20-13-7-8-14-21(20)27/h4-8,11-14H,3,9-10,15-18H2,1-2H3/t26-/m0/s1. The zero-order valence-electron chi connectivity index (χ0n) is 19.5. The second kappa shape index (κ2) is 10.7. The number of Topliss-reactive ketones (excluding diaryl/α,β-unsaturated/α-hetero) is 1. The van der Waals surface area contributed by atoms with Crippen LogP contribution >= 0.6 is 23.4 Å². The number of halogens is 1. The molecule has 2 aromatic carbocycles. The van der Waals surface area contributed by atoms with Gasteiger partial charge < -0.3 is 9.47 Å². The summed E-state index contributed by atoms with van der Waals surface area (Å²) in [7, 11) is 1.72. The van der Waals surface area contributed by atoms with Crippen molar-refractivity contribution in [1.82, 2.24) is 19.7 Å². The third kappa shape index (κ3) is 4.77. The minimum absolute atomic E-state index is 0.0505. The molecular weight excluding hydrogens is 468 g/mol. The van der Waals surface area contributed by atoms with E-state index in [4.69, 9.17) is 11.6 Å². The second-order valence-electron chi connectivity index (χ2n) is 8.52. The molecule has 0 aliphatic heterocycles. The molecule has 1 aliphatic rings. The van der Waals surface area contributed by atoms with Crippen LogP contribution in [0.15, 0.2) is 59.8 Å². The van der Waals surface area contributed by atoms with E-state index >= 15 is 0 Å². The van der Waals surface area contributed by atoms with Gasteiger partial charge in [-0.1, -0.05) is 71.9 Å². The Kier molecular flexibility index (Phi) is 7.73. The molecule has 1 amide bonds. The summed E-state index contributed by atoms with van der Waals surface area (Å²) in [5.41, 5.74) is 0.851. The van der Waals surface area contributed by atoms with Gasteiger partial charge in [-0.2, -0.15) is 0 Å². The molecule has 34 heavy (non-hydrogen) atoms. The highest BCUT2D eigenvalue weighted by Gasteiger charge is 2.47. The topological polar surface area (TPSA) is 68.1 Å². The van der Waals surface area contributed by atoms with Crippen LogP contribution in [0.25, 0.3) is 0 Å². The van der Waals surface area contributed by atoms with E-state index in [1.165, 1.54) is 11.8 Å². The first-order valence-corrected chi connectivity index (χ1v) is 13.0. The molecular formula is C26H29ClN4O2S. The lowest BCUT2D eigenvalue weighted by Gasteiger charge is -2.44. The molecule has 8 heteroatoms. The molecule has 3 aromatic rings. The Labute approximate surface area is 209 Å². The van der Waals surface area contributed by atoms with Gasteiger partial charge in [0, 0.05) is 37.0 Å². The second-order valence-corrected chi connectivity index (χ2v) is 9.87. The fourth-order valence-electron chi connectivity index (χ4n) is 4.72. The summed E-state index contributed by atoms with van der Waals surface area (Å²) >= 11 is 7.88. The van der Waals surface area contributed by atoms with Gasteiger partial charge in [-0.25, -0.2) is 0 Å². The molecule has 1 fully saturated rings. The number of carbonyl (C=O) groups is 2. The molecule has 178 valence electrons. The number of amides is 1. The van der Waals surface area contributed by atoms with E-state index in [-0.39, 0.29) is 17.4 Å². The Hall–Kier alpha value is -2.64. The third-order valence-electron chi connectivity index (χ3n) is 6.56. The molecule has 4 rings (SSSR count). The van der Waals surface area contributed by atoms with Crippen molar-refractivity contribution in [1.29, 1.82) is 0 Å². The average molecular weight is 497 g/mol. The Morgan fingerprint density at radius 1 is 1.12 bits per heavy atom. The Balaban J connectivity index is 1.53. The maximum atomic E-state index is 13.4. The van der Waals surface area contributed by atoms with Crippen molar-refractivity contribution in [3.05, 3.63) is 76.6 Å². The summed E-state index contributed by atoms with van der Waals surface area (Å²) < 4.78 is 2.04. The van der Waals surface area contributed by atoms with Crippen molar-refractivity contribution in [3.63, 3.8) is 0 Å². The first-order valence-electron chi connectivity index (χ1n) is 11.6. The SMILES string of the molecule is CCn1c(Cc2ccccc2)nnc1SCC(=O)N(C)[C@]1(c2ccccc2Cl)CCCCC1=O. The number of likely N-dealkylation sites (N-methyl/N-ethyl adjacent to an activating group) is 1. The summed E-state index contributed by atoms with van der Waals surface area (Å²) in [6.45, 7) is 2.76. The molecule has 1 atom stereocenters. The zero-order valence-corrected chi connectivity index (χ0v) is 21.1. The number of hydrogen-bond donors (Lipinski definition) is 0. The molecule has 0 unspecified atom stereocenters. The van der Waals surface area contributed by atoms with Crippen LogP contribution in [0.5, 0.6) is 0 Å². The van der Waals surface area contributed by atoms with Crippen LogP contribution in [-0.4, -0.2) is 44.2 Å². The van der Waals surface area contributed by atoms with Crippen LogP contribution in [0.3, 0.4) is 0 Å². The maximum Gasteiger partial charge on any atom is 0.233 e. The lowest BCUT2D eigenvalue weighted by Crippen LogP contribution is -2.54. The van der Waals surface area contributed by atoms with Gasteiger partial charge in [-0.05, 0) is 37.8 Å². The predicted molar refractivity (Wildman–Crippen MR) is 135 cm³/mol. The third-order valence-corrected chi connectivity index (χ3v) is 7.84. The smallest absolute Gasteiger partial charge is 0.233 e. The fourth-order valence-corrected chi connectivity index (χ4v) is 5.95. The summed E-state index contributed by atoms with van der Waals surface area (Å²) in [6.07, 6.45) is 3.42. The molecule has 0 saturated heterocycles. The van der Waals surface area contributed by atoms with Crippen molar-refractivity contribution < 1.29 is 9.59 Å². The molecule has 1 saturated carbocycles. The van der Waals surface area contributed by atoms with Crippen molar-refractivity contribution in [2.75, 3.05) is 12.8 Å². The van der Waals surface area contributed by atoms with E-state index in [1.54, 1.807) is 18.0 Å². The van der Waals surface area contributed by atoms with Gasteiger partial charge in [0.25, 0.3) is 0 Å².